The first-order valence-electron chi connectivity index (χ1n) is 8.06. The van der Waals surface area contributed by atoms with Crippen molar-refractivity contribution >= 4 is 11.9 Å². The predicted octanol–water partition coefficient (Wildman–Crippen LogP) is 2.42. The summed E-state index contributed by atoms with van der Waals surface area (Å²) in [7, 11) is 1.54. The maximum Gasteiger partial charge on any atom is 0.265 e. The van der Waals surface area contributed by atoms with Crippen LogP contribution in [0, 0.1) is 18.8 Å². The predicted molar refractivity (Wildman–Crippen MR) is 101 cm³/mol. The quantitative estimate of drug-likeness (QED) is 0.506. The molecule has 2 rings (SSSR count). The minimum absolute atomic E-state index is 0.257. The monoisotopic (exact) mass is 351 g/mol. The summed E-state index contributed by atoms with van der Waals surface area (Å²) in [6.45, 7) is 4.86. The van der Waals surface area contributed by atoms with Gasteiger partial charge >= 0.3 is 0 Å². The van der Waals surface area contributed by atoms with E-state index in [0.717, 1.165) is 0 Å². The summed E-state index contributed by atoms with van der Waals surface area (Å²) >= 11 is 0. The van der Waals surface area contributed by atoms with Gasteiger partial charge in [0.15, 0.2) is 5.78 Å². The molecule has 0 amide bonds. The molecule has 2 aromatic rings. The molecule has 0 saturated heterocycles. The molecule has 0 atom stereocenters. The summed E-state index contributed by atoms with van der Waals surface area (Å²) in [5, 5.41) is 19.6. The highest BCUT2D eigenvalue weighted by atomic mass is 16.3. The van der Waals surface area contributed by atoms with Crippen molar-refractivity contribution in [1.29, 1.82) is 0 Å². The van der Waals surface area contributed by atoms with E-state index in [1.807, 2.05) is 0 Å². The average Bonchev–Trinajstić information content (AvgIpc) is 2.56. The minimum atomic E-state index is -1.09. The van der Waals surface area contributed by atoms with Gasteiger partial charge in [0.1, 0.15) is 16.9 Å². The van der Waals surface area contributed by atoms with E-state index in [-0.39, 0.29) is 11.3 Å². The van der Waals surface area contributed by atoms with E-state index in [2.05, 4.69) is 11.8 Å². The van der Waals surface area contributed by atoms with E-state index < -0.39 is 16.9 Å². The van der Waals surface area contributed by atoms with E-state index in [4.69, 9.17) is 0 Å². The highest BCUT2D eigenvalue weighted by Crippen LogP contribution is 2.16. The molecular weight excluding hydrogens is 330 g/mol. The van der Waals surface area contributed by atoms with Crippen LogP contribution in [-0.4, -0.2) is 26.2 Å². The van der Waals surface area contributed by atoms with E-state index in [9.17, 15) is 19.8 Å². The van der Waals surface area contributed by atoms with Crippen molar-refractivity contribution in [2.24, 2.45) is 7.05 Å². The van der Waals surface area contributed by atoms with Gasteiger partial charge < -0.3 is 14.8 Å². The zero-order valence-corrected chi connectivity index (χ0v) is 15.2. The largest absolute Gasteiger partial charge is 0.507 e. The first kappa shape index (κ1) is 19.2. The van der Waals surface area contributed by atoms with Crippen molar-refractivity contribution in [3.63, 3.8) is 0 Å². The second kappa shape index (κ2) is 7.42. The van der Waals surface area contributed by atoms with Crippen LogP contribution in [0.2, 0.25) is 0 Å². The van der Waals surface area contributed by atoms with Gasteiger partial charge in [-0.2, -0.15) is 0 Å². The Morgan fingerprint density at radius 3 is 2.62 bits per heavy atom. The number of benzene rings is 1. The highest BCUT2D eigenvalue weighted by molar-refractivity contribution is 6.08. The number of ketones is 1. The van der Waals surface area contributed by atoms with Gasteiger partial charge in [-0.1, -0.05) is 30.0 Å². The fourth-order valence-electron chi connectivity index (χ4n) is 2.24. The summed E-state index contributed by atoms with van der Waals surface area (Å²) in [4.78, 5) is 24.5. The Labute approximate surface area is 152 Å². The lowest BCUT2D eigenvalue weighted by Crippen LogP contribution is -2.25. The van der Waals surface area contributed by atoms with Crippen molar-refractivity contribution in [2.75, 3.05) is 0 Å². The third kappa shape index (κ3) is 4.71. The van der Waals surface area contributed by atoms with Gasteiger partial charge in [0, 0.05) is 24.4 Å². The lowest BCUT2D eigenvalue weighted by Gasteiger charge is -2.07. The fourth-order valence-corrected chi connectivity index (χ4v) is 2.24. The molecule has 134 valence electrons. The minimum Gasteiger partial charge on any atom is -0.507 e. The van der Waals surface area contributed by atoms with Gasteiger partial charge in [0.2, 0.25) is 0 Å². The van der Waals surface area contributed by atoms with Crippen molar-refractivity contribution in [1.82, 2.24) is 4.57 Å². The number of aromatic nitrogens is 1. The van der Waals surface area contributed by atoms with E-state index in [0.29, 0.717) is 16.8 Å². The number of rotatable bonds is 3. The number of carbonyl (C=O) groups excluding carboxylic acids is 1. The number of aromatic hydroxyl groups is 1. The number of aliphatic hydroxyl groups is 1. The van der Waals surface area contributed by atoms with Gasteiger partial charge in [0.25, 0.3) is 5.56 Å². The van der Waals surface area contributed by atoms with Crippen LogP contribution >= 0.6 is 0 Å². The molecule has 0 aliphatic carbocycles. The third-order valence-electron chi connectivity index (χ3n) is 3.72. The Balaban J connectivity index is 2.31. The van der Waals surface area contributed by atoms with Crippen LogP contribution in [0.4, 0.5) is 0 Å². The van der Waals surface area contributed by atoms with Gasteiger partial charge in [0.05, 0.1) is 0 Å². The number of pyridine rings is 1. The van der Waals surface area contributed by atoms with E-state index >= 15 is 0 Å². The maximum absolute atomic E-state index is 12.3. The fraction of sp³-hybridized carbons (Fsp3) is 0.238. The topological polar surface area (TPSA) is 79.5 Å². The molecule has 5 heteroatoms. The molecule has 1 aromatic carbocycles. The molecule has 0 fully saturated rings. The van der Waals surface area contributed by atoms with Gasteiger partial charge in [-0.3, -0.25) is 9.59 Å². The number of carbonyl (C=O) groups is 1. The van der Waals surface area contributed by atoms with Gasteiger partial charge in [-0.15, -0.1) is 0 Å². The Kier molecular flexibility index (Phi) is 5.49. The SMILES string of the molecule is Cc1cc(O)c(C(=O)/C=C/c2cccc(C#CC(C)(C)O)c2)c(=O)n1C. The Bertz CT molecular complexity index is 995. The molecule has 0 spiro atoms. The molecule has 1 heterocycles. The van der Waals surface area contributed by atoms with Crippen LogP contribution < -0.4 is 5.56 Å². The standard InChI is InChI=1S/C21H21NO4/c1-14-12-18(24)19(20(25)22(14)4)17(23)9-8-15-6-5-7-16(13-15)10-11-21(2,3)26/h5-9,12-13,24,26H,1-4H3/b9-8+. The molecule has 0 unspecified atom stereocenters. The maximum atomic E-state index is 12.3. The van der Waals surface area contributed by atoms with Crippen LogP contribution in [0.25, 0.3) is 6.08 Å². The third-order valence-corrected chi connectivity index (χ3v) is 3.72. The van der Waals surface area contributed by atoms with Crippen LogP contribution in [0.3, 0.4) is 0 Å². The summed E-state index contributed by atoms with van der Waals surface area (Å²) in [6, 6.07) is 8.50. The van der Waals surface area contributed by atoms with Crippen molar-refractivity contribution < 1.29 is 15.0 Å². The Hall–Kier alpha value is -3.10. The number of aryl methyl sites for hydroxylation is 1. The van der Waals surface area contributed by atoms with Crippen LogP contribution in [0.5, 0.6) is 5.75 Å². The zero-order chi connectivity index (χ0) is 19.5. The van der Waals surface area contributed by atoms with Crippen LogP contribution in [-0.2, 0) is 7.05 Å². The second-order valence-electron chi connectivity index (χ2n) is 6.54. The number of hydrogen-bond acceptors (Lipinski definition) is 4. The smallest absolute Gasteiger partial charge is 0.265 e. The van der Waals surface area contributed by atoms with Gasteiger partial charge in [-0.05, 0) is 44.5 Å². The van der Waals surface area contributed by atoms with Crippen LogP contribution in [0.15, 0.2) is 41.2 Å². The molecule has 1 aromatic heterocycles. The lowest BCUT2D eigenvalue weighted by molar-refractivity contribution is 0.104. The molecule has 0 aliphatic heterocycles. The Morgan fingerprint density at radius 1 is 1.27 bits per heavy atom. The van der Waals surface area contributed by atoms with Crippen molar-refractivity contribution in [2.45, 2.75) is 26.4 Å². The summed E-state index contributed by atoms with van der Waals surface area (Å²) in [6.07, 6.45) is 2.80. The molecule has 0 saturated carbocycles. The first-order chi connectivity index (χ1) is 12.1. The molecule has 5 nitrogen and oxygen atoms in total. The highest BCUT2D eigenvalue weighted by Gasteiger charge is 2.16. The zero-order valence-electron chi connectivity index (χ0n) is 15.2. The summed E-state index contributed by atoms with van der Waals surface area (Å²) in [5.74, 6) is 4.68. The van der Waals surface area contributed by atoms with Crippen molar-refractivity contribution in [3.8, 4) is 17.6 Å². The second-order valence-corrected chi connectivity index (χ2v) is 6.54. The van der Waals surface area contributed by atoms with E-state index in [1.54, 1.807) is 58.2 Å². The molecule has 0 radical (unpaired) electrons. The number of hydrogen-bond donors (Lipinski definition) is 2. The number of nitrogens with zero attached hydrogens (tertiary/aromatic N) is 1. The van der Waals surface area contributed by atoms with E-state index in [1.165, 1.54) is 16.7 Å². The lowest BCUT2D eigenvalue weighted by atomic mass is 10.1. The molecule has 2 N–H and O–H groups in total. The molecule has 0 aliphatic rings. The Morgan fingerprint density at radius 2 is 1.96 bits per heavy atom. The molecule has 0 bridgehead atoms. The summed E-state index contributed by atoms with van der Waals surface area (Å²) in [5.41, 5.74) is 0.0747. The average molecular weight is 351 g/mol. The molecular formula is C21H21NO4. The molecule has 26 heavy (non-hydrogen) atoms. The normalized spacial score (nSPS) is 11.3. The van der Waals surface area contributed by atoms with Crippen molar-refractivity contribution in [3.05, 3.63) is 69.1 Å². The van der Waals surface area contributed by atoms with Gasteiger partial charge in [-0.25, -0.2) is 0 Å². The van der Waals surface area contributed by atoms with Crippen LogP contribution in [0.1, 0.15) is 41.0 Å². The first-order valence-corrected chi connectivity index (χ1v) is 8.06. The number of allylic oxidation sites excluding steroid dienone is 1. The summed E-state index contributed by atoms with van der Waals surface area (Å²) < 4.78 is 1.31.